The Kier molecular flexibility index (Phi) is 7.95. The molecule has 0 saturated heterocycles. The van der Waals surface area contributed by atoms with Crippen LogP contribution in [-0.2, 0) is 24.2 Å². The van der Waals surface area contributed by atoms with Crippen LogP contribution in [0.15, 0.2) is 30.7 Å². The second-order valence-corrected chi connectivity index (χ2v) is 13.7. The minimum Gasteiger partial charge on any atom is -0.361 e. The SMILES string of the molecule is C[Si](C)(C)CCOCn1cncc1CNC(=O)NC(=O)c1ccc(C(F)(F)F)cc1F. The molecule has 1 aromatic carbocycles. The molecule has 170 valence electrons. The molecule has 0 bridgehead atoms. The van der Waals surface area contributed by atoms with Gasteiger partial charge in [0.1, 0.15) is 12.5 Å². The lowest BCUT2D eigenvalue weighted by atomic mass is 10.1. The average Bonchev–Trinajstić information content (AvgIpc) is 3.09. The number of hydrogen-bond donors (Lipinski definition) is 2. The summed E-state index contributed by atoms with van der Waals surface area (Å²) in [7, 11) is -1.21. The van der Waals surface area contributed by atoms with Gasteiger partial charge in [0.05, 0.1) is 35.9 Å². The number of ether oxygens (including phenoxy) is 1. The Labute approximate surface area is 177 Å². The van der Waals surface area contributed by atoms with Crippen LogP contribution < -0.4 is 10.6 Å². The van der Waals surface area contributed by atoms with Crippen molar-refractivity contribution in [1.82, 2.24) is 20.2 Å². The number of carbonyl (C=O) groups is 2. The first-order chi connectivity index (χ1) is 14.4. The van der Waals surface area contributed by atoms with Crippen molar-refractivity contribution in [2.75, 3.05) is 6.61 Å². The molecule has 0 spiro atoms. The van der Waals surface area contributed by atoms with Gasteiger partial charge >= 0.3 is 12.2 Å². The van der Waals surface area contributed by atoms with Crippen LogP contribution in [0.2, 0.25) is 25.7 Å². The number of hydrogen-bond acceptors (Lipinski definition) is 4. The maximum Gasteiger partial charge on any atom is 0.416 e. The minimum absolute atomic E-state index is 0.00594. The molecule has 7 nitrogen and oxygen atoms in total. The Bertz CT molecular complexity index is 926. The second-order valence-electron chi connectivity index (χ2n) is 8.03. The van der Waals surface area contributed by atoms with Gasteiger partial charge in [0.25, 0.3) is 5.91 Å². The van der Waals surface area contributed by atoms with Crippen LogP contribution in [0.3, 0.4) is 0 Å². The number of halogens is 4. The largest absolute Gasteiger partial charge is 0.416 e. The smallest absolute Gasteiger partial charge is 0.361 e. The maximum absolute atomic E-state index is 13.8. The van der Waals surface area contributed by atoms with Crippen LogP contribution in [0.5, 0.6) is 0 Å². The molecule has 0 atom stereocenters. The fraction of sp³-hybridized carbons (Fsp3) is 0.421. The molecular formula is C19H24F4N4O3Si. The van der Waals surface area contributed by atoms with Crippen LogP contribution in [-0.4, -0.2) is 36.2 Å². The highest BCUT2D eigenvalue weighted by molar-refractivity contribution is 6.76. The summed E-state index contributed by atoms with van der Waals surface area (Å²) in [4.78, 5) is 27.9. The first-order valence-corrected chi connectivity index (χ1v) is 13.1. The van der Waals surface area contributed by atoms with Gasteiger partial charge in [0.15, 0.2) is 0 Å². The molecule has 0 aliphatic rings. The Morgan fingerprint density at radius 2 is 1.94 bits per heavy atom. The zero-order valence-electron chi connectivity index (χ0n) is 17.3. The molecular weight excluding hydrogens is 436 g/mol. The summed E-state index contributed by atoms with van der Waals surface area (Å²) in [6.07, 6.45) is -1.69. The number of aromatic nitrogens is 2. The van der Waals surface area contributed by atoms with Gasteiger partial charge < -0.3 is 14.6 Å². The monoisotopic (exact) mass is 460 g/mol. The summed E-state index contributed by atoms with van der Waals surface area (Å²) in [6.45, 7) is 7.57. The average molecular weight is 461 g/mol. The van der Waals surface area contributed by atoms with Crippen LogP contribution in [0, 0.1) is 5.82 Å². The third kappa shape index (κ3) is 7.79. The topological polar surface area (TPSA) is 85.2 Å². The van der Waals surface area contributed by atoms with Crippen molar-refractivity contribution in [2.24, 2.45) is 0 Å². The van der Waals surface area contributed by atoms with Crippen LogP contribution in [0.25, 0.3) is 0 Å². The van der Waals surface area contributed by atoms with Gasteiger partial charge in [-0.15, -0.1) is 0 Å². The number of imidazole rings is 1. The molecule has 12 heteroatoms. The van der Waals surface area contributed by atoms with E-state index >= 15 is 0 Å². The van der Waals surface area contributed by atoms with Crippen LogP contribution >= 0.6 is 0 Å². The lowest BCUT2D eigenvalue weighted by Crippen LogP contribution is -2.39. The van der Waals surface area contributed by atoms with E-state index in [1.165, 1.54) is 12.5 Å². The quantitative estimate of drug-likeness (QED) is 0.354. The molecule has 0 saturated carbocycles. The Morgan fingerprint density at radius 1 is 1.23 bits per heavy atom. The third-order valence-electron chi connectivity index (χ3n) is 4.22. The molecule has 2 N–H and O–H groups in total. The summed E-state index contributed by atoms with van der Waals surface area (Å²) in [5.41, 5.74) is -1.30. The molecule has 1 heterocycles. The van der Waals surface area contributed by atoms with E-state index in [9.17, 15) is 27.2 Å². The van der Waals surface area contributed by atoms with E-state index in [1.54, 1.807) is 4.57 Å². The van der Waals surface area contributed by atoms with Crippen molar-refractivity contribution < 1.29 is 31.9 Å². The van der Waals surface area contributed by atoms with Crippen LogP contribution in [0.4, 0.5) is 22.4 Å². The zero-order valence-corrected chi connectivity index (χ0v) is 18.3. The highest BCUT2D eigenvalue weighted by Crippen LogP contribution is 2.30. The first kappa shape index (κ1) is 24.5. The van der Waals surface area contributed by atoms with Gasteiger partial charge in [0, 0.05) is 14.7 Å². The Morgan fingerprint density at radius 3 is 2.55 bits per heavy atom. The number of rotatable bonds is 8. The molecule has 0 aliphatic carbocycles. The van der Waals surface area contributed by atoms with Gasteiger partial charge in [0.2, 0.25) is 0 Å². The molecule has 31 heavy (non-hydrogen) atoms. The number of amides is 3. The normalized spacial score (nSPS) is 12.0. The molecule has 0 radical (unpaired) electrons. The lowest BCUT2D eigenvalue weighted by Gasteiger charge is -2.16. The predicted octanol–water partition coefficient (Wildman–Crippen LogP) is 3.99. The van der Waals surface area contributed by atoms with Crippen molar-refractivity contribution in [2.45, 2.75) is 45.1 Å². The summed E-state index contributed by atoms with van der Waals surface area (Å²) in [5.74, 6) is -2.54. The van der Waals surface area contributed by atoms with E-state index in [0.717, 1.165) is 6.04 Å². The molecule has 2 aromatic rings. The van der Waals surface area contributed by atoms with Crippen molar-refractivity contribution in [1.29, 1.82) is 0 Å². The van der Waals surface area contributed by atoms with Gasteiger partial charge in [-0.2, -0.15) is 13.2 Å². The number of nitrogens with one attached hydrogen (secondary N) is 2. The number of nitrogens with zero attached hydrogens (tertiary/aromatic N) is 2. The third-order valence-corrected chi connectivity index (χ3v) is 5.93. The van der Waals surface area contributed by atoms with E-state index in [-0.39, 0.29) is 19.3 Å². The Hall–Kier alpha value is -2.73. The number of alkyl halides is 3. The van der Waals surface area contributed by atoms with Gasteiger partial charge in [-0.25, -0.2) is 14.2 Å². The van der Waals surface area contributed by atoms with Crippen molar-refractivity contribution in [3.05, 3.63) is 53.4 Å². The van der Waals surface area contributed by atoms with E-state index in [4.69, 9.17) is 4.74 Å². The number of imide groups is 1. The van der Waals surface area contributed by atoms with E-state index in [0.29, 0.717) is 24.4 Å². The summed E-state index contributed by atoms with van der Waals surface area (Å²) >= 11 is 0. The minimum atomic E-state index is -4.74. The van der Waals surface area contributed by atoms with Crippen molar-refractivity contribution >= 4 is 20.0 Å². The maximum atomic E-state index is 13.8. The highest BCUT2D eigenvalue weighted by Gasteiger charge is 2.31. The number of benzene rings is 1. The molecule has 1 aromatic heterocycles. The Balaban J connectivity index is 1.86. The van der Waals surface area contributed by atoms with Crippen LogP contribution in [0.1, 0.15) is 21.6 Å². The fourth-order valence-corrected chi connectivity index (χ4v) is 3.17. The highest BCUT2D eigenvalue weighted by atomic mass is 28.3. The zero-order chi connectivity index (χ0) is 23.2. The van der Waals surface area contributed by atoms with E-state index in [1.807, 2.05) is 5.32 Å². The molecule has 2 rings (SSSR count). The standard InChI is InChI=1S/C19H24F4N4O3Si/c1-31(2,3)7-6-30-12-27-11-24-9-14(27)10-25-18(29)26-17(28)15-5-4-13(8-16(15)20)19(21,22)23/h4-5,8-9,11H,6-7,10,12H2,1-3H3,(H2,25,26,28,29). The molecule has 3 amide bonds. The lowest BCUT2D eigenvalue weighted by molar-refractivity contribution is -0.137. The summed E-state index contributed by atoms with van der Waals surface area (Å²) in [5, 5.41) is 4.29. The van der Waals surface area contributed by atoms with Crippen molar-refractivity contribution in [3.63, 3.8) is 0 Å². The molecule has 0 aliphatic heterocycles. The fourth-order valence-electron chi connectivity index (χ4n) is 2.41. The predicted molar refractivity (Wildman–Crippen MR) is 107 cm³/mol. The van der Waals surface area contributed by atoms with Gasteiger partial charge in [-0.05, 0) is 24.2 Å². The first-order valence-electron chi connectivity index (χ1n) is 9.39. The van der Waals surface area contributed by atoms with Gasteiger partial charge in [-0.1, -0.05) is 19.6 Å². The molecule has 0 fully saturated rings. The summed E-state index contributed by atoms with van der Waals surface area (Å²) < 4.78 is 58.9. The molecule has 0 unspecified atom stereocenters. The van der Waals surface area contributed by atoms with E-state index in [2.05, 4.69) is 29.9 Å². The number of carbonyl (C=O) groups excluding carboxylic acids is 2. The van der Waals surface area contributed by atoms with Crippen molar-refractivity contribution in [3.8, 4) is 0 Å². The summed E-state index contributed by atoms with van der Waals surface area (Å²) in [6, 6.07) is 1.51. The van der Waals surface area contributed by atoms with Gasteiger partial charge in [-0.3, -0.25) is 10.1 Å². The number of urea groups is 1. The van der Waals surface area contributed by atoms with E-state index < -0.39 is 43.1 Å². The second kappa shape index (κ2) is 10.0.